The second-order valence-corrected chi connectivity index (χ2v) is 5.71. The lowest BCUT2D eigenvalue weighted by atomic mass is 10.1. The van der Waals surface area contributed by atoms with Gasteiger partial charge in [0.25, 0.3) is 0 Å². The van der Waals surface area contributed by atoms with Crippen molar-refractivity contribution in [3.05, 3.63) is 65.5 Å². The van der Waals surface area contributed by atoms with E-state index in [1.165, 1.54) is 36.0 Å². The van der Waals surface area contributed by atoms with Crippen molar-refractivity contribution in [1.29, 1.82) is 0 Å². The summed E-state index contributed by atoms with van der Waals surface area (Å²) in [6, 6.07) is 9.08. The summed E-state index contributed by atoms with van der Waals surface area (Å²) in [7, 11) is 0. The highest BCUT2D eigenvalue weighted by atomic mass is 32.2. The van der Waals surface area contributed by atoms with Crippen LogP contribution in [0.2, 0.25) is 0 Å². The van der Waals surface area contributed by atoms with Crippen LogP contribution in [0.25, 0.3) is 0 Å². The maximum Gasteiger partial charge on any atom is 0.139 e. The minimum atomic E-state index is -0.622. The van der Waals surface area contributed by atoms with Crippen molar-refractivity contribution in [3.63, 3.8) is 0 Å². The molecule has 0 aliphatic carbocycles. The molecule has 0 aliphatic heterocycles. The van der Waals surface area contributed by atoms with Crippen LogP contribution in [0, 0.1) is 17.5 Å². The first-order valence-corrected chi connectivity index (χ1v) is 6.98. The SMILES string of the molecule is CC(N)C(Sc1ccc(F)cc1F)c1ccc(F)cc1. The van der Waals surface area contributed by atoms with Gasteiger partial charge in [0.05, 0.1) is 0 Å². The molecule has 0 saturated carbocycles. The van der Waals surface area contributed by atoms with Gasteiger partial charge in [-0.1, -0.05) is 12.1 Å². The summed E-state index contributed by atoms with van der Waals surface area (Å²) < 4.78 is 39.5. The Labute approximate surface area is 120 Å². The Bertz CT molecular complexity index is 584. The fourth-order valence-corrected chi connectivity index (χ4v) is 2.94. The molecule has 20 heavy (non-hydrogen) atoms. The summed E-state index contributed by atoms with van der Waals surface area (Å²) in [5.74, 6) is -1.58. The summed E-state index contributed by atoms with van der Waals surface area (Å²) in [6.45, 7) is 1.79. The van der Waals surface area contributed by atoms with Crippen LogP contribution in [0.4, 0.5) is 13.2 Å². The van der Waals surface area contributed by atoms with Gasteiger partial charge < -0.3 is 5.73 Å². The van der Waals surface area contributed by atoms with Crippen LogP contribution in [-0.2, 0) is 0 Å². The molecule has 2 aromatic rings. The van der Waals surface area contributed by atoms with Crippen molar-refractivity contribution >= 4 is 11.8 Å². The molecule has 0 aliphatic rings. The lowest BCUT2D eigenvalue weighted by Gasteiger charge is -2.21. The molecule has 2 atom stereocenters. The van der Waals surface area contributed by atoms with E-state index in [4.69, 9.17) is 5.73 Å². The standard InChI is InChI=1S/C15H14F3NS/c1-9(19)15(10-2-4-11(16)5-3-10)20-14-7-6-12(17)8-13(14)18/h2-9,15H,19H2,1H3. The number of benzene rings is 2. The first kappa shape index (κ1) is 14.9. The molecule has 0 saturated heterocycles. The molecule has 106 valence electrons. The molecule has 2 unspecified atom stereocenters. The number of hydrogen-bond acceptors (Lipinski definition) is 2. The van der Waals surface area contributed by atoms with E-state index in [0.29, 0.717) is 4.90 Å². The average Bonchev–Trinajstić information content (AvgIpc) is 2.39. The van der Waals surface area contributed by atoms with Gasteiger partial charge in [0.2, 0.25) is 0 Å². The fraction of sp³-hybridized carbons (Fsp3) is 0.200. The maximum atomic E-state index is 13.7. The van der Waals surface area contributed by atoms with Crippen molar-refractivity contribution < 1.29 is 13.2 Å². The highest BCUT2D eigenvalue weighted by Crippen LogP contribution is 2.38. The normalized spacial score (nSPS) is 14.1. The summed E-state index contributed by atoms with van der Waals surface area (Å²) in [4.78, 5) is 0.318. The second-order valence-electron chi connectivity index (χ2n) is 4.52. The number of hydrogen-bond donors (Lipinski definition) is 1. The lowest BCUT2D eigenvalue weighted by molar-refractivity contribution is 0.565. The third-order valence-electron chi connectivity index (χ3n) is 2.82. The Morgan fingerprint density at radius 3 is 2.10 bits per heavy atom. The lowest BCUT2D eigenvalue weighted by Crippen LogP contribution is -2.22. The highest BCUT2D eigenvalue weighted by Gasteiger charge is 2.19. The summed E-state index contributed by atoms with van der Waals surface area (Å²) in [5, 5.41) is -0.240. The smallest absolute Gasteiger partial charge is 0.139 e. The van der Waals surface area contributed by atoms with Gasteiger partial charge >= 0.3 is 0 Å². The molecule has 2 aromatic carbocycles. The predicted molar refractivity (Wildman–Crippen MR) is 75.0 cm³/mol. The summed E-state index contributed by atoms with van der Waals surface area (Å²) in [6.07, 6.45) is 0. The number of halogens is 3. The van der Waals surface area contributed by atoms with Crippen LogP contribution in [0.3, 0.4) is 0 Å². The van der Waals surface area contributed by atoms with E-state index in [9.17, 15) is 13.2 Å². The molecule has 0 fully saturated rings. The predicted octanol–water partition coefficient (Wildman–Crippen LogP) is 4.28. The topological polar surface area (TPSA) is 26.0 Å². The number of nitrogens with two attached hydrogens (primary N) is 1. The zero-order valence-electron chi connectivity index (χ0n) is 10.8. The molecule has 0 radical (unpaired) electrons. The van der Waals surface area contributed by atoms with Gasteiger partial charge in [0.15, 0.2) is 0 Å². The molecule has 0 bridgehead atoms. The van der Waals surface area contributed by atoms with E-state index >= 15 is 0 Å². The van der Waals surface area contributed by atoms with Crippen molar-refractivity contribution in [2.45, 2.75) is 23.1 Å². The molecule has 1 nitrogen and oxygen atoms in total. The zero-order valence-corrected chi connectivity index (χ0v) is 11.6. The monoisotopic (exact) mass is 297 g/mol. The van der Waals surface area contributed by atoms with E-state index in [0.717, 1.165) is 11.6 Å². The van der Waals surface area contributed by atoms with Crippen molar-refractivity contribution in [1.82, 2.24) is 0 Å². The first-order valence-electron chi connectivity index (χ1n) is 6.10. The van der Waals surface area contributed by atoms with Crippen molar-refractivity contribution in [2.24, 2.45) is 5.73 Å². The minimum Gasteiger partial charge on any atom is -0.327 e. The van der Waals surface area contributed by atoms with Crippen LogP contribution in [-0.4, -0.2) is 6.04 Å². The second kappa shape index (κ2) is 6.33. The molecule has 0 amide bonds. The van der Waals surface area contributed by atoms with Crippen molar-refractivity contribution in [3.8, 4) is 0 Å². The summed E-state index contributed by atoms with van der Waals surface area (Å²) >= 11 is 1.20. The highest BCUT2D eigenvalue weighted by molar-refractivity contribution is 7.99. The zero-order chi connectivity index (χ0) is 14.7. The van der Waals surface area contributed by atoms with Crippen LogP contribution in [0.15, 0.2) is 47.4 Å². The van der Waals surface area contributed by atoms with E-state index in [1.54, 1.807) is 19.1 Å². The Morgan fingerprint density at radius 1 is 0.950 bits per heavy atom. The Kier molecular flexibility index (Phi) is 4.73. The van der Waals surface area contributed by atoms with Crippen LogP contribution >= 0.6 is 11.8 Å². The molecule has 2 N–H and O–H groups in total. The van der Waals surface area contributed by atoms with Gasteiger partial charge in [-0.05, 0) is 36.8 Å². The maximum absolute atomic E-state index is 13.7. The van der Waals surface area contributed by atoms with E-state index in [-0.39, 0.29) is 17.1 Å². The Hall–Kier alpha value is -1.46. The largest absolute Gasteiger partial charge is 0.327 e. The number of thioether (sulfide) groups is 1. The summed E-state index contributed by atoms with van der Waals surface area (Å²) in [5.41, 5.74) is 6.72. The molecular weight excluding hydrogens is 283 g/mol. The van der Waals surface area contributed by atoms with Gasteiger partial charge in [0.1, 0.15) is 17.5 Å². The minimum absolute atomic E-state index is 0.240. The molecule has 5 heteroatoms. The van der Waals surface area contributed by atoms with Crippen LogP contribution in [0.1, 0.15) is 17.7 Å². The van der Waals surface area contributed by atoms with Gasteiger partial charge in [-0.2, -0.15) is 0 Å². The number of rotatable bonds is 4. The molecule has 0 heterocycles. The Morgan fingerprint density at radius 2 is 1.55 bits per heavy atom. The van der Waals surface area contributed by atoms with E-state index in [2.05, 4.69) is 0 Å². The van der Waals surface area contributed by atoms with Gasteiger partial charge in [-0.25, -0.2) is 13.2 Å². The molecule has 0 spiro atoms. The quantitative estimate of drug-likeness (QED) is 0.852. The first-order chi connectivity index (χ1) is 9.47. The Balaban J connectivity index is 2.28. The average molecular weight is 297 g/mol. The molecular formula is C15H14F3NS. The van der Waals surface area contributed by atoms with E-state index < -0.39 is 11.6 Å². The molecule has 0 aromatic heterocycles. The van der Waals surface area contributed by atoms with Crippen LogP contribution in [0.5, 0.6) is 0 Å². The van der Waals surface area contributed by atoms with Gasteiger partial charge in [-0.15, -0.1) is 11.8 Å². The van der Waals surface area contributed by atoms with E-state index in [1.807, 2.05) is 0 Å². The molecule has 2 rings (SSSR count). The van der Waals surface area contributed by atoms with Gasteiger partial charge in [-0.3, -0.25) is 0 Å². The van der Waals surface area contributed by atoms with Gasteiger partial charge in [0, 0.05) is 22.3 Å². The van der Waals surface area contributed by atoms with Crippen molar-refractivity contribution in [2.75, 3.05) is 0 Å². The van der Waals surface area contributed by atoms with Crippen LogP contribution < -0.4 is 5.73 Å². The third kappa shape index (κ3) is 3.55. The third-order valence-corrected chi connectivity index (χ3v) is 4.36. The fourth-order valence-electron chi connectivity index (χ4n) is 1.84.